The van der Waals surface area contributed by atoms with E-state index in [4.69, 9.17) is 9.62 Å². The molecule has 0 bridgehead atoms. The van der Waals surface area contributed by atoms with Gasteiger partial charge >= 0.3 is 0 Å². The Bertz CT molecular complexity index is 1920. The predicted octanol–water partition coefficient (Wildman–Crippen LogP) is 7.41. The van der Waals surface area contributed by atoms with Gasteiger partial charge in [-0.3, -0.25) is 9.59 Å². The smallest absolute Gasteiger partial charge is 0.274 e. The zero-order chi connectivity index (χ0) is 34.5. The number of carbonyl (C=O) groups excluding carboxylic acids is 2. The number of aliphatic hydroxyl groups is 1. The molecule has 3 heterocycles. The van der Waals surface area contributed by atoms with Gasteiger partial charge in [0.1, 0.15) is 11.5 Å². The largest absolute Gasteiger partial charge is 0.394 e. The van der Waals surface area contributed by atoms with Gasteiger partial charge in [0.15, 0.2) is 5.69 Å². The van der Waals surface area contributed by atoms with Crippen LogP contribution in [0.4, 0.5) is 0 Å². The first-order valence-electron chi connectivity index (χ1n) is 17.4. The van der Waals surface area contributed by atoms with E-state index in [1.165, 1.54) is 0 Å². The van der Waals surface area contributed by atoms with Gasteiger partial charge in [0, 0.05) is 30.9 Å². The first kappa shape index (κ1) is 33.9. The number of unbranched alkanes of at least 4 members (excludes halogenated alkanes) is 2. The number of hydrogen-bond donors (Lipinski definition) is 1. The minimum atomic E-state index is -0.391. The monoisotopic (exact) mass is 659 g/mol. The fourth-order valence-electron chi connectivity index (χ4n) is 6.69. The molecule has 1 aliphatic heterocycles. The van der Waals surface area contributed by atoms with E-state index in [-0.39, 0.29) is 18.4 Å². The second kappa shape index (κ2) is 15.0. The molecule has 6 rings (SSSR count). The van der Waals surface area contributed by atoms with Crippen molar-refractivity contribution in [2.45, 2.75) is 72.4 Å². The molecule has 0 fully saturated rings. The van der Waals surface area contributed by atoms with Crippen LogP contribution < -0.4 is 0 Å². The molecule has 0 unspecified atom stereocenters. The van der Waals surface area contributed by atoms with Crippen molar-refractivity contribution in [2.75, 3.05) is 19.7 Å². The summed E-state index contributed by atoms with van der Waals surface area (Å²) < 4.78 is 7.40. The van der Waals surface area contributed by atoms with Crippen LogP contribution in [-0.2, 0) is 13.0 Å². The number of benzene rings is 3. The van der Waals surface area contributed by atoms with Crippen LogP contribution in [0.2, 0.25) is 0 Å². The second-order valence-electron chi connectivity index (χ2n) is 12.9. The third-order valence-electron chi connectivity index (χ3n) is 9.44. The van der Waals surface area contributed by atoms with Crippen molar-refractivity contribution in [1.29, 1.82) is 0 Å². The van der Waals surface area contributed by atoms with Crippen molar-refractivity contribution in [3.05, 3.63) is 113 Å². The number of amides is 2. The van der Waals surface area contributed by atoms with E-state index < -0.39 is 6.04 Å². The van der Waals surface area contributed by atoms with Gasteiger partial charge in [-0.25, -0.2) is 4.68 Å². The minimum absolute atomic E-state index is 0.103. The molecule has 9 nitrogen and oxygen atoms in total. The van der Waals surface area contributed by atoms with E-state index in [2.05, 4.69) is 25.1 Å². The summed E-state index contributed by atoms with van der Waals surface area (Å²) in [5.74, 6) is 0.303. The number of aliphatic hydroxyl groups excluding tert-OH is 1. The normalized spacial score (nSPS) is 14.1. The van der Waals surface area contributed by atoms with Gasteiger partial charge in [0.25, 0.3) is 11.8 Å². The maximum Gasteiger partial charge on any atom is 0.274 e. The summed E-state index contributed by atoms with van der Waals surface area (Å²) in [5.41, 5.74) is 7.42. The Hall–Kier alpha value is -5.02. The molecule has 49 heavy (non-hydrogen) atoms. The summed E-state index contributed by atoms with van der Waals surface area (Å²) in [6, 6.07) is 25.0. The summed E-state index contributed by atoms with van der Waals surface area (Å²) in [7, 11) is 0. The number of carbonyl (C=O) groups is 2. The standard InChI is InChI=1S/C40H45N5O4/c1-5-7-20-43(21-8-6-2)40(48)35-22-27(3)45(41-35)36-19-18-31(37-28(4)49-42-38(37)29-14-10-9-11-15-29)24-34(36)39(47)44-25-32-17-13-12-16-30(32)23-33(44)26-46/h9-19,22,24,33,46H,5-8,20-21,23,25-26H2,1-4H3/t33-/m0/s1. The Morgan fingerprint density at radius 2 is 1.59 bits per heavy atom. The second-order valence-corrected chi connectivity index (χ2v) is 12.9. The third-order valence-corrected chi connectivity index (χ3v) is 9.44. The average Bonchev–Trinajstić information content (AvgIpc) is 3.72. The number of aryl methyl sites for hydroxylation is 2. The number of nitrogens with zero attached hydrogens (tertiary/aromatic N) is 5. The van der Waals surface area contributed by atoms with Crippen molar-refractivity contribution in [1.82, 2.24) is 24.7 Å². The molecular formula is C40H45N5O4. The Kier molecular flexibility index (Phi) is 10.4. The highest BCUT2D eigenvalue weighted by Gasteiger charge is 2.32. The maximum absolute atomic E-state index is 14.8. The molecule has 2 aromatic heterocycles. The van der Waals surface area contributed by atoms with Crippen LogP contribution in [0.15, 0.2) is 83.4 Å². The van der Waals surface area contributed by atoms with Gasteiger partial charge in [-0.15, -0.1) is 0 Å². The van der Waals surface area contributed by atoms with E-state index >= 15 is 0 Å². The molecule has 9 heteroatoms. The van der Waals surface area contributed by atoms with Gasteiger partial charge in [0.05, 0.1) is 29.5 Å². The molecule has 1 atom stereocenters. The lowest BCUT2D eigenvalue weighted by Gasteiger charge is -2.36. The minimum Gasteiger partial charge on any atom is -0.394 e. The Labute approximate surface area is 288 Å². The molecule has 2 amide bonds. The Balaban J connectivity index is 1.46. The topological polar surface area (TPSA) is 105 Å². The molecular weight excluding hydrogens is 614 g/mol. The van der Waals surface area contributed by atoms with Gasteiger partial charge in [-0.05, 0) is 68.0 Å². The number of hydrogen-bond acceptors (Lipinski definition) is 6. The van der Waals surface area contributed by atoms with Crippen molar-refractivity contribution in [3.63, 3.8) is 0 Å². The fourth-order valence-corrected chi connectivity index (χ4v) is 6.69. The van der Waals surface area contributed by atoms with Crippen molar-refractivity contribution < 1.29 is 19.2 Å². The molecule has 3 aromatic carbocycles. The van der Waals surface area contributed by atoms with Gasteiger partial charge in [0.2, 0.25) is 0 Å². The van der Waals surface area contributed by atoms with Gasteiger partial charge < -0.3 is 19.4 Å². The molecule has 0 saturated carbocycles. The van der Waals surface area contributed by atoms with Gasteiger partial charge in [-0.2, -0.15) is 5.10 Å². The predicted molar refractivity (Wildman–Crippen MR) is 191 cm³/mol. The van der Waals surface area contributed by atoms with Crippen molar-refractivity contribution >= 4 is 11.8 Å². The lowest BCUT2D eigenvalue weighted by atomic mass is 9.92. The summed E-state index contributed by atoms with van der Waals surface area (Å²) in [6.07, 6.45) is 4.39. The van der Waals surface area contributed by atoms with Crippen LogP contribution in [0.3, 0.4) is 0 Å². The van der Waals surface area contributed by atoms with E-state index in [1.54, 1.807) is 15.6 Å². The number of rotatable bonds is 12. The molecule has 0 saturated heterocycles. The van der Waals surface area contributed by atoms with Crippen LogP contribution in [0.25, 0.3) is 28.1 Å². The average molecular weight is 660 g/mol. The quantitative estimate of drug-likeness (QED) is 0.150. The Morgan fingerprint density at radius 3 is 2.29 bits per heavy atom. The number of aromatic nitrogens is 3. The third kappa shape index (κ3) is 6.94. The first-order valence-corrected chi connectivity index (χ1v) is 17.4. The highest BCUT2D eigenvalue weighted by Crippen LogP contribution is 2.37. The van der Waals surface area contributed by atoms with Crippen LogP contribution in [0, 0.1) is 13.8 Å². The van der Waals surface area contributed by atoms with Crippen molar-refractivity contribution in [3.8, 4) is 28.1 Å². The van der Waals surface area contributed by atoms with E-state index in [1.807, 2.05) is 85.5 Å². The molecule has 1 aliphatic rings. The molecule has 254 valence electrons. The van der Waals surface area contributed by atoms with E-state index in [0.717, 1.165) is 59.2 Å². The summed E-state index contributed by atoms with van der Waals surface area (Å²) in [6.45, 7) is 9.58. The first-order chi connectivity index (χ1) is 23.8. The lowest BCUT2D eigenvalue weighted by Crippen LogP contribution is -2.46. The van der Waals surface area contributed by atoms with E-state index in [9.17, 15) is 14.7 Å². The maximum atomic E-state index is 14.8. The SMILES string of the molecule is CCCCN(CCCC)C(=O)c1cc(C)n(-c2ccc(-c3c(-c4ccccc4)noc3C)cc2C(=O)N2Cc3ccccc3C[C@H]2CO)n1. The fraction of sp³-hybridized carbons (Fsp3) is 0.350. The molecule has 0 radical (unpaired) electrons. The highest BCUT2D eigenvalue weighted by molar-refractivity contribution is 6.00. The molecule has 1 N–H and O–H groups in total. The molecule has 5 aromatic rings. The Morgan fingerprint density at radius 1 is 0.898 bits per heavy atom. The molecule has 0 spiro atoms. The number of fused-ring (bicyclic) bond motifs is 1. The summed E-state index contributed by atoms with van der Waals surface area (Å²) >= 11 is 0. The van der Waals surface area contributed by atoms with Crippen LogP contribution in [0.5, 0.6) is 0 Å². The zero-order valence-electron chi connectivity index (χ0n) is 28.9. The van der Waals surface area contributed by atoms with Crippen LogP contribution >= 0.6 is 0 Å². The van der Waals surface area contributed by atoms with Crippen LogP contribution in [-0.4, -0.2) is 67.4 Å². The van der Waals surface area contributed by atoms with Gasteiger partial charge in [-0.1, -0.05) is 92.5 Å². The van der Waals surface area contributed by atoms with Crippen LogP contribution in [0.1, 0.15) is 83.0 Å². The summed E-state index contributed by atoms with van der Waals surface area (Å²) in [4.78, 5) is 32.2. The molecule has 0 aliphatic carbocycles. The zero-order valence-corrected chi connectivity index (χ0v) is 28.9. The van der Waals surface area contributed by atoms with E-state index in [0.29, 0.717) is 54.5 Å². The highest BCUT2D eigenvalue weighted by atomic mass is 16.5. The van der Waals surface area contributed by atoms with Crippen molar-refractivity contribution in [2.24, 2.45) is 0 Å². The summed E-state index contributed by atoms with van der Waals surface area (Å²) in [5, 5.41) is 19.7. The lowest BCUT2D eigenvalue weighted by molar-refractivity contribution is 0.0544.